The Morgan fingerprint density at radius 1 is 1.26 bits per heavy atom. The second-order valence-electron chi connectivity index (χ2n) is 5.10. The third-order valence-corrected chi connectivity index (χ3v) is 3.83. The minimum absolute atomic E-state index is 0.219. The van der Waals surface area contributed by atoms with Gasteiger partial charge in [-0.1, -0.05) is 18.2 Å². The molecular formula is C14H16BN3O. The number of para-hydroxylation sites is 1. The quantitative estimate of drug-likeness (QED) is 0.749. The molecule has 0 N–H and O–H groups in total. The van der Waals surface area contributed by atoms with E-state index < -0.39 is 0 Å². The Morgan fingerprint density at radius 3 is 2.74 bits per heavy atom. The van der Waals surface area contributed by atoms with Crippen LogP contribution in [-0.4, -0.2) is 36.6 Å². The minimum atomic E-state index is 0.219. The van der Waals surface area contributed by atoms with E-state index in [-0.39, 0.29) is 5.92 Å². The highest BCUT2D eigenvalue weighted by Crippen LogP contribution is 2.22. The fourth-order valence-electron chi connectivity index (χ4n) is 2.60. The van der Waals surface area contributed by atoms with E-state index in [0.29, 0.717) is 5.68 Å². The van der Waals surface area contributed by atoms with E-state index in [1.807, 2.05) is 30.5 Å². The van der Waals surface area contributed by atoms with Crippen molar-refractivity contribution in [2.45, 2.75) is 12.8 Å². The molecule has 4 nitrogen and oxygen atoms in total. The zero-order valence-electron chi connectivity index (χ0n) is 11.0. The molecule has 1 fully saturated rings. The molecule has 1 aromatic carbocycles. The van der Waals surface area contributed by atoms with Gasteiger partial charge in [0.15, 0.2) is 7.85 Å². The molecule has 0 saturated carbocycles. The average Bonchev–Trinajstić information content (AvgIpc) is 2.47. The smallest absolute Gasteiger partial charge is 0.225 e. The van der Waals surface area contributed by atoms with Crippen molar-refractivity contribution in [1.29, 1.82) is 0 Å². The zero-order chi connectivity index (χ0) is 13.2. The summed E-state index contributed by atoms with van der Waals surface area (Å²) in [4.78, 5) is 22.6. The average molecular weight is 253 g/mol. The van der Waals surface area contributed by atoms with E-state index in [2.05, 4.69) is 14.9 Å². The standard InChI is InChI=1S/C14H16BN3O/c15-13(19)10-5-7-18(8-6-10)14-16-9-11-3-1-2-4-12(11)17-14/h1-4,9-10H,5-8,15H2. The zero-order valence-corrected chi connectivity index (χ0v) is 11.0. The Kier molecular flexibility index (Phi) is 3.19. The fourth-order valence-corrected chi connectivity index (χ4v) is 2.60. The number of carbonyl (C=O) groups excluding carboxylic acids is 1. The van der Waals surface area contributed by atoms with Crippen LogP contribution in [-0.2, 0) is 4.79 Å². The van der Waals surface area contributed by atoms with Crippen molar-refractivity contribution >= 4 is 30.4 Å². The molecule has 96 valence electrons. The molecule has 1 aromatic heterocycles. The van der Waals surface area contributed by atoms with Crippen molar-refractivity contribution in [3.05, 3.63) is 30.5 Å². The van der Waals surface area contributed by atoms with E-state index in [4.69, 9.17) is 0 Å². The van der Waals surface area contributed by atoms with Crippen LogP contribution in [0, 0.1) is 5.92 Å². The summed E-state index contributed by atoms with van der Waals surface area (Å²) >= 11 is 0. The molecule has 1 aliphatic heterocycles. The summed E-state index contributed by atoms with van der Waals surface area (Å²) < 4.78 is 0. The Labute approximate surface area is 113 Å². The summed E-state index contributed by atoms with van der Waals surface area (Å²) in [6.45, 7) is 1.73. The summed E-state index contributed by atoms with van der Waals surface area (Å²) in [6, 6.07) is 7.99. The molecule has 5 heteroatoms. The first-order valence-electron chi connectivity index (χ1n) is 6.71. The van der Waals surface area contributed by atoms with Crippen LogP contribution in [0.5, 0.6) is 0 Å². The van der Waals surface area contributed by atoms with Crippen LogP contribution in [0.3, 0.4) is 0 Å². The van der Waals surface area contributed by atoms with Crippen molar-refractivity contribution in [2.75, 3.05) is 18.0 Å². The van der Waals surface area contributed by atoms with Gasteiger partial charge in [-0.25, -0.2) is 9.97 Å². The molecule has 3 rings (SSSR count). The lowest BCUT2D eigenvalue weighted by atomic mass is 9.83. The van der Waals surface area contributed by atoms with Crippen molar-refractivity contribution in [3.8, 4) is 0 Å². The number of carbonyl (C=O) groups is 1. The fraction of sp³-hybridized carbons (Fsp3) is 0.357. The molecule has 0 amide bonds. The number of benzene rings is 1. The first-order valence-corrected chi connectivity index (χ1v) is 6.71. The number of fused-ring (bicyclic) bond motifs is 1. The number of aromatic nitrogens is 2. The van der Waals surface area contributed by atoms with Crippen LogP contribution < -0.4 is 4.90 Å². The van der Waals surface area contributed by atoms with Gasteiger partial charge in [-0.05, 0) is 18.9 Å². The number of anilines is 1. The van der Waals surface area contributed by atoms with Crippen LogP contribution >= 0.6 is 0 Å². The van der Waals surface area contributed by atoms with Crippen molar-refractivity contribution in [3.63, 3.8) is 0 Å². The molecule has 19 heavy (non-hydrogen) atoms. The first kappa shape index (κ1) is 12.1. The topological polar surface area (TPSA) is 46.1 Å². The lowest BCUT2D eigenvalue weighted by Gasteiger charge is -2.31. The summed E-state index contributed by atoms with van der Waals surface area (Å²) in [5, 5.41) is 1.06. The minimum Gasteiger partial charge on any atom is -0.341 e. The Bertz CT molecular complexity index is 608. The summed E-state index contributed by atoms with van der Waals surface area (Å²) in [5.74, 6) is 0.998. The predicted molar refractivity (Wildman–Crippen MR) is 78.0 cm³/mol. The van der Waals surface area contributed by atoms with Crippen molar-refractivity contribution in [2.24, 2.45) is 5.92 Å². The largest absolute Gasteiger partial charge is 0.341 e. The van der Waals surface area contributed by atoms with Crippen LogP contribution in [0.25, 0.3) is 10.9 Å². The highest BCUT2D eigenvalue weighted by atomic mass is 16.1. The number of nitrogens with zero attached hydrogens (tertiary/aromatic N) is 3. The van der Waals surface area contributed by atoms with Gasteiger partial charge in [-0.2, -0.15) is 0 Å². The number of hydrogen-bond donors (Lipinski definition) is 0. The van der Waals surface area contributed by atoms with Crippen LogP contribution in [0.1, 0.15) is 12.8 Å². The SMILES string of the molecule is BC(=O)C1CCN(c2ncc3ccccc3n2)CC1. The van der Waals surface area contributed by atoms with Gasteiger partial charge in [-0.15, -0.1) is 0 Å². The van der Waals surface area contributed by atoms with Crippen molar-refractivity contribution < 1.29 is 4.79 Å². The monoisotopic (exact) mass is 253 g/mol. The van der Waals surface area contributed by atoms with E-state index in [1.54, 1.807) is 7.85 Å². The van der Waals surface area contributed by atoms with E-state index in [1.165, 1.54) is 0 Å². The van der Waals surface area contributed by atoms with Gasteiger partial charge in [0.25, 0.3) is 0 Å². The van der Waals surface area contributed by atoms with E-state index in [9.17, 15) is 4.79 Å². The molecule has 0 aliphatic carbocycles. The highest BCUT2D eigenvalue weighted by Gasteiger charge is 2.23. The third kappa shape index (κ3) is 2.45. The third-order valence-electron chi connectivity index (χ3n) is 3.83. The Balaban J connectivity index is 1.80. The summed E-state index contributed by atoms with van der Waals surface area (Å²) in [5.41, 5.74) is 1.28. The van der Waals surface area contributed by atoms with Crippen molar-refractivity contribution in [1.82, 2.24) is 9.97 Å². The molecule has 0 unspecified atom stereocenters. The molecule has 0 atom stereocenters. The van der Waals surface area contributed by atoms with Crippen LogP contribution in [0.2, 0.25) is 0 Å². The predicted octanol–water partition coefficient (Wildman–Crippen LogP) is 1.01. The van der Waals surface area contributed by atoms with Crippen LogP contribution in [0.4, 0.5) is 5.95 Å². The van der Waals surface area contributed by atoms with Gasteiger partial charge in [0.2, 0.25) is 5.95 Å². The number of piperidine rings is 1. The molecule has 1 saturated heterocycles. The van der Waals surface area contributed by atoms with Gasteiger partial charge < -0.3 is 9.69 Å². The normalized spacial score (nSPS) is 16.7. The molecule has 1 aliphatic rings. The number of rotatable bonds is 2. The second kappa shape index (κ2) is 5.00. The van der Waals surface area contributed by atoms with E-state index >= 15 is 0 Å². The molecule has 2 aromatic rings. The Hall–Kier alpha value is -1.91. The highest BCUT2D eigenvalue weighted by molar-refractivity contribution is 6.58. The van der Waals surface area contributed by atoms with Gasteiger partial charge in [0.05, 0.1) is 11.2 Å². The van der Waals surface area contributed by atoms with Gasteiger partial charge in [0, 0.05) is 30.6 Å². The second-order valence-corrected chi connectivity index (χ2v) is 5.10. The van der Waals surface area contributed by atoms with Crippen LogP contribution in [0.15, 0.2) is 30.5 Å². The maximum atomic E-state index is 11.4. The molecular weight excluding hydrogens is 237 g/mol. The maximum Gasteiger partial charge on any atom is 0.225 e. The number of hydrogen-bond acceptors (Lipinski definition) is 4. The summed E-state index contributed by atoms with van der Waals surface area (Å²) in [6.07, 6.45) is 3.69. The van der Waals surface area contributed by atoms with Gasteiger partial charge in [-0.3, -0.25) is 0 Å². The molecule has 0 radical (unpaired) electrons. The molecule has 0 spiro atoms. The molecule has 0 bridgehead atoms. The Morgan fingerprint density at radius 2 is 2.00 bits per heavy atom. The lowest BCUT2D eigenvalue weighted by molar-refractivity contribution is -0.115. The van der Waals surface area contributed by atoms with Gasteiger partial charge in [0.1, 0.15) is 0 Å². The van der Waals surface area contributed by atoms with Gasteiger partial charge >= 0.3 is 0 Å². The van der Waals surface area contributed by atoms with E-state index in [0.717, 1.165) is 42.8 Å². The molecule has 2 heterocycles. The first-order chi connectivity index (χ1) is 9.24. The maximum absolute atomic E-state index is 11.4. The lowest BCUT2D eigenvalue weighted by Crippen LogP contribution is -2.37. The summed E-state index contributed by atoms with van der Waals surface area (Å²) in [7, 11) is 1.69.